The van der Waals surface area contributed by atoms with Gasteiger partial charge in [-0.2, -0.15) is 9.40 Å². The lowest BCUT2D eigenvalue weighted by molar-refractivity contribution is 0.444. The Morgan fingerprint density at radius 2 is 2.25 bits per heavy atom. The zero-order valence-electron chi connectivity index (χ0n) is 11.5. The molecule has 3 heterocycles. The van der Waals surface area contributed by atoms with Gasteiger partial charge in [-0.05, 0) is 32.4 Å². The first-order valence-corrected chi connectivity index (χ1v) is 7.99. The Kier molecular flexibility index (Phi) is 3.18. The molecule has 1 aliphatic heterocycles. The van der Waals surface area contributed by atoms with Crippen LogP contribution in [0.25, 0.3) is 0 Å². The van der Waals surface area contributed by atoms with E-state index in [1.807, 2.05) is 12.1 Å². The molecule has 0 bridgehead atoms. The Labute approximate surface area is 117 Å². The van der Waals surface area contributed by atoms with E-state index in [1.165, 1.54) is 4.31 Å². The first-order valence-electron chi connectivity index (χ1n) is 6.55. The monoisotopic (exact) mass is 295 g/mol. The molecule has 2 aromatic heterocycles. The van der Waals surface area contributed by atoms with Crippen molar-refractivity contribution in [2.24, 2.45) is 0 Å². The molecule has 1 saturated heterocycles. The van der Waals surface area contributed by atoms with Crippen LogP contribution in [-0.4, -0.2) is 36.0 Å². The average Bonchev–Trinajstić information content (AvgIpc) is 3.08. The van der Waals surface area contributed by atoms with Crippen LogP contribution in [0.3, 0.4) is 0 Å². The lowest BCUT2D eigenvalue weighted by atomic mass is 10.1. The van der Waals surface area contributed by atoms with E-state index < -0.39 is 10.0 Å². The Hall–Kier alpha value is -1.60. The minimum absolute atomic E-state index is 0.132. The summed E-state index contributed by atoms with van der Waals surface area (Å²) in [7, 11) is -3.48. The quantitative estimate of drug-likeness (QED) is 0.936. The summed E-state index contributed by atoms with van der Waals surface area (Å²) in [6, 6.07) is 3.73. The van der Waals surface area contributed by atoms with Gasteiger partial charge in [0.05, 0.1) is 17.7 Å². The molecule has 0 aromatic carbocycles. The Balaban J connectivity index is 1.87. The lowest BCUT2D eigenvalue weighted by Crippen LogP contribution is -2.29. The van der Waals surface area contributed by atoms with Crippen LogP contribution in [0.1, 0.15) is 29.5 Å². The highest BCUT2D eigenvalue weighted by atomic mass is 32.2. The number of nitrogens with one attached hydrogen (secondary N) is 1. The second kappa shape index (κ2) is 4.75. The summed E-state index contributed by atoms with van der Waals surface area (Å²) in [5.41, 5.74) is 1.10. The molecule has 0 saturated carbocycles. The van der Waals surface area contributed by atoms with E-state index in [0.29, 0.717) is 29.4 Å². The van der Waals surface area contributed by atoms with E-state index in [9.17, 15) is 8.42 Å². The predicted molar refractivity (Wildman–Crippen MR) is 72.9 cm³/mol. The molecule has 2 aromatic rings. The summed E-state index contributed by atoms with van der Waals surface area (Å²) in [6.07, 6.45) is 2.40. The third kappa shape index (κ3) is 2.06. The van der Waals surface area contributed by atoms with Crippen LogP contribution < -0.4 is 0 Å². The topological polar surface area (TPSA) is 79.2 Å². The number of furan rings is 1. The largest absolute Gasteiger partial charge is 0.469 e. The molecule has 1 atom stereocenters. The maximum atomic E-state index is 12.7. The first kappa shape index (κ1) is 13.4. The van der Waals surface area contributed by atoms with E-state index in [4.69, 9.17) is 4.42 Å². The van der Waals surface area contributed by atoms with Gasteiger partial charge in [0.25, 0.3) is 0 Å². The van der Waals surface area contributed by atoms with Crippen LogP contribution in [-0.2, 0) is 10.0 Å². The maximum Gasteiger partial charge on any atom is 0.246 e. The molecule has 108 valence electrons. The van der Waals surface area contributed by atoms with E-state index in [0.717, 1.165) is 12.2 Å². The Morgan fingerprint density at radius 1 is 1.45 bits per heavy atom. The van der Waals surface area contributed by atoms with Gasteiger partial charge < -0.3 is 4.42 Å². The molecule has 0 amide bonds. The van der Waals surface area contributed by atoms with Crippen LogP contribution in [0.15, 0.2) is 27.7 Å². The van der Waals surface area contributed by atoms with E-state index in [-0.39, 0.29) is 5.92 Å². The van der Waals surface area contributed by atoms with Gasteiger partial charge in [0.1, 0.15) is 10.7 Å². The third-order valence-electron chi connectivity index (χ3n) is 3.75. The molecule has 7 heteroatoms. The van der Waals surface area contributed by atoms with Crippen molar-refractivity contribution in [1.82, 2.24) is 14.5 Å². The molecule has 1 fully saturated rings. The average molecular weight is 295 g/mol. The zero-order chi connectivity index (χ0) is 14.3. The minimum atomic E-state index is -3.48. The molecule has 1 aliphatic rings. The molecule has 3 rings (SSSR count). The van der Waals surface area contributed by atoms with Gasteiger partial charge in [0, 0.05) is 19.0 Å². The van der Waals surface area contributed by atoms with Crippen LogP contribution in [0.5, 0.6) is 0 Å². The molecular formula is C13H17N3O3S. The maximum absolute atomic E-state index is 12.7. The van der Waals surface area contributed by atoms with Crippen molar-refractivity contribution in [2.75, 3.05) is 13.1 Å². The number of hydrogen-bond donors (Lipinski definition) is 1. The zero-order valence-corrected chi connectivity index (χ0v) is 12.3. The van der Waals surface area contributed by atoms with Crippen molar-refractivity contribution in [1.29, 1.82) is 0 Å². The SMILES string of the molecule is Cc1n[nH]c(C)c1S(=O)(=O)N1CCC(c2ccco2)C1. The standard InChI is InChI=1S/C13H17N3O3S/c1-9-13(10(2)15-14-9)20(17,18)16-6-5-11(8-16)12-4-3-7-19-12/h3-4,7,11H,5-6,8H2,1-2H3,(H,14,15). The van der Waals surface area contributed by atoms with Gasteiger partial charge in [0.15, 0.2) is 0 Å². The van der Waals surface area contributed by atoms with Crippen LogP contribution in [0.4, 0.5) is 0 Å². The Morgan fingerprint density at radius 3 is 2.85 bits per heavy atom. The second-order valence-electron chi connectivity index (χ2n) is 5.13. The third-order valence-corrected chi connectivity index (χ3v) is 5.88. The van der Waals surface area contributed by atoms with Crippen molar-refractivity contribution in [2.45, 2.75) is 31.1 Å². The summed E-state index contributed by atoms with van der Waals surface area (Å²) in [6.45, 7) is 4.40. The van der Waals surface area contributed by atoms with Crippen molar-refractivity contribution >= 4 is 10.0 Å². The number of hydrogen-bond acceptors (Lipinski definition) is 4. The molecule has 0 radical (unpaired) electrons. The second-order valence-corrected chi connectivity index (χ2v) is 7.00. The molecule has 1 unspecified atom stereocenters. The summed E-state index contributed by atoms with van der Waals surface area (Å²) >= 11 is 0. The number of aromatic nitrogens is 2. The number of nitrogens with zero attached hydrogens (tertiary/aromatic N) is 2. The normalized spacial score (nSPS) is 20.6. The molecule has 20 heavy (non-hydrogen) atoms. The summed E-state index contributed by atoms with van der Waals surface area (Å²) in [5.74, 6) is 0.982. The van der Waals surface area contributed by atoms with Crippen molar-refractivity contribution in [3.8, 4) is 0 Å². The van der Waals surface area contributed by atoms with Crippen LogP contribution in [0, 0.1) is 13.8 Å². The van der Waals surface area contributed by atoms with Crippen molar-refractivity contribution < 1.29 is 12.8 Å². The van der Waals surface area contributed by atoms with Gasteiger partial charge in [-0.3, -0.25) is 5.10 Å². The fraction of sp³-hybridized carbons (Fsp3) is 0.462. The van der Waals surface area contributed by atoms with E-state index >= 15 is 0 Å². The van der Waals surface area contributed by atoms with E-state index in [2.05, 4.69) is 10.2 Å². The Bertz CT molecular complexity index is 684. The van der Waals surface area contributed by atoms with Gasteiger partial charge in [-0.1, -0.05) is 0 Å². The van der Waals surface area contributed by atoms with Gasteiger partial charge in [0.2, 0.25) is 10.0 Å². The molecule has 0 aliphatic carbocycles. The van der Waals surface area contributed by atoms with Gasteiger partial charge >= 0.3 is 0 Å². The molecule has 6 nitrogen and oxygen atoms in total. The highest BCUT2D eigenvalue weighted by Crippen LogP contribution is 2.32. The molecule has 1 N–H and O–H groups in total. The fourth-order valence-electron chi connectivity index (χ4n) is 2.75. The first-order chi connectivity index (χ1) is 9.50. The smallest absolute Gasteiger partial charge is 0.246 e. The lowest BCUT2D eigenvalue weighted by Gasteiger charge is -2.16. The predicted octanol–water partition coefficient (Wildman–Crippen LogP) is 1.80. The number of sulfonamides is 1. The highest BCUT2D eigenvalue weighted by molar-refractivity contribution is 7.89. The number of aryl methyl sites for hydroxylation is 2. The summed E-state index contributed by atoms with van der Waals surface area (Å²) in [4.78, 5) is 0.303. The summed E-state index contributed by atoms with van der Waals surface area (Å²) in [5, 5.41) is 6.70. The van der Waals surface area contributed by atoms with Crippen molar-refractivity contribution in [3.63, 3.8) is 0 Å². The number of aromatic amines is 1. The highest BCUT2D eigenvalue weighted by Gasteiger charge is 2.36. The molecule has 0 spiro atoms. The number of H-pyrrole nitrogens is 1. The van der Waals surface area contributed by atoms with Gasteiger partial charge in [-0.15, -0.1) is 0 Å². The van der Waals surface area contributed by atoms with Crippen molar-refractivity contribution in [3.05, 3.63) is 35.5 Å². The van der Waals surface area contributed by atoms with Crippen LogP contribution in [0.2, 0.25) is 0 Å². The van der Waals surface area contributed by atoms with Crippen LogP contribution >= 0.6 is 0 Å². The fourth-order valence-corrected chi connectivity index (χ4v) is 4.58. The summed E-state index contributed by atoms with van der Waals surface area (Å²) < 4.78 is 32.3. The number of rotatable bonds is 3. The minimum Gasteiger partial charge on any atom is -0.469 e. The van der Waals surface area contributed by atoms with E-state index in [1.54, 1.807) is 20.1 Å². The van der Waals surface area contributed by atoms with Gasteiger partial charge in [-0.25, -0.2) is 8.42 Å². The molecular weight excluding hydrogens is 278 g/mol.